The number of hydrogen-bond donors (Lipinski definition) is 3. The molecular weight excluding hydrogens is 344 g/mol. The van der Waals surface area contributed by atoms with Crippen LogP contribution >= 0.6 is 0 Å². The van der Waals surface area contributed by atoms with Crippen molar-refractivity contribution in [3.05, 3.63) is 58.1 Å². The molecule has 0 atom stereocenters. The highest BCUT2D eigenvalue weighted by molar-refractivity contribution is 5.92. The number of hydrogen-bond acceptors (Lipinski definition) is 4. The summed E-state index contributed by atoms with van der Waals surface area (Å²) >= 11 is 0. The molecule has 2 heterocycles. The number of nitrogens with one attached hydrogen (secondary N) is 2. The second-order valence-electron chi connectivity index (χ2n) is 7.20. The molecule has 0 aliphatic heterocycles. The average molecular weight is 366 g/mol. The quantitative estimate of drug-likeness (QED) is 0.660. The van der Waals surface area contributed by atoms with Gasteiger partial charge in [0.15, 0.2) is 11.4 Å². The van der Waals surface area contributed by atoms with Crippen LogP contribution in [0.1, 0.15) is 41.7 Å². The van der Waals surface area contributed by atoms with Gasteiger partial charge in [-0.15, -0.1) is 0 Å². The number of nitrogens with zero attached hydrogens (tertiary/aromatic N) is 2. The Balaban J connectivity index is 1.80. The molecule has 27 heavy (non-hydrogen) atoms. The Morgan fingerprint density at radius 2 is 2.07 bits per heavy atom. The van der Waals surface area contributed by atoms with Gasteiger partial charge in [0.2, 0.25) is 0 Å². The molecule has 0 saturated heterocycles. The summed E-state index contributed by atoms with van der Waals surface area (Å²) in [6, 6.07) is 8.18. The lowest BCUT2D eigenvalue weighted by Gasteiger charge is -2.29. The van der Waals surface area contributed by atoms with Gasteiger partial charge in [0, 0.05) is 29.6 Å². The van der Waals surface area contributed by atoms with E-state index in [4.69, 9.17) is 0 Å². The number of aromatic hydroxyl groups is 1. The topological polar surface area (TPSA) is 100 Å². The summed E-state index contributed by atoms with van der Waals surface area (Å²) in [6.07, 6.45) is 7.56. The molecule has 1 saturated carbocycles. The Morgan fingerprint density at radius 1 is 1.33 bits per heavy atom. The first-order valence-corrected chi connectivity index (χ1v) is 9.13. The number of aromatic nitrogens is 3. The Kier molecular flexibility index (Phi) is 4.22. The van der Waals surface area contributed by atoms with Crippen LogP contribution in [0, 0.1) is 0 Å². The zero-order valence-corrected chi connectivity index (χ0v) is 15.2. The van der Waals surface area contributed by atoms with Crippen molar-refractivity contribution in [2.24, 2.45) is 0 Å². The minimum atomic E-state index is -0.752. The fourth-order valence-corrected chi connectivity index (χ4v) is 4.26. The number of rotatable bonds is 4. The molecule has 1 aromatic carbocycles. The van der Waals surface area contributed by atoms with Crippen LogP contribution in [-0.4, -0.2) is 32.8 Å². The second-order valence-corrected chi connectivity index (χ2v) is 7.20. The summed E-state index contributed by atoms with van der Waals surface area (Å²) in [5.41, 5.74) is 1.11. The fraction of sp³-hybridized carbons (Fsp3) is 0.350. The SMILES string of the molecule is CNC(=O)c1nn(CC2(c3c[nH]c4ccccc34)CCCC2)cc(O)c1=O. The summed E-state index contributed by atoms with van der Waals surface area (Å²) in [4.78, 5) is 27.3. The van der Waals surface area contributed by atoms with Gasteiger partial charge in [-0.1, -0.05) is 31.0 Å². The normalized spacial score (nSPS) is 15.9. The van der Waals surface area contributed by atoms with E-state index in [-0.39, 0.29) is 11.1 Å². The number of fused-ring (bicyclic) bond motifs is 1. The van der Waals surface area contributed by atoms with Crippen LogP contribution in [0.4, 0.5) is 0 Å². The lowest BCUT2D eigenvalue weighted by molar-refractivity contribution is 0.0953. The van der Waals surface area contributed by atoms with E-state index in [0.717, 1.165) is 31.2 Å². The second kappa shape index (κ2) is 6.57. The first-order chi connectivity index (χ1) is 13.0. The highest BCUT2D eigenvalue weighted by Gasteiger charge is 2.38. The van der Waals surface area contributed by atoms with Gasteiger partial charge in [-0.05, 0) is 24.5 Å². The predicted octanol–water partition coefficient (Wildman–Crippen LogP) is 2.30. The van der Waals surface area contributed by atoms with E-state index >= 15 is 0 Å². The largest absolute Gasteiger partial charge is 0.503 e. The van der Waals surface area contributed by atoms with E-state index in [2.05, 4.69) is 33.7 Å². The van der Waals surface area contributed by atoms with Crippen molar-refractivity contribution in [3.63, 3.8) is 0 Å². The van der Waals surface area contributed by atoms with E-state index in [1.165, 1.54) is 28.9 Å². The monoisotopic (exact) mass is 366 g/mol. The zero-order chi connectivity index (χ0) is 19.0. The minimum absolute atomic E-state index is 0.159. The van der Waals surface area contributed by atoms with Crippen molar-refractivity contribution in [1.29, 1.82) is 0 Å². The smallest absolute Gasteiger partial charge is 0.275 e. The summed E-state index contributed by atoms with van der Waals surface area (Å²) in [7, 11) is 1.43. The lowest BCUT2D eigenvalue weighted by atomic mass is 9.78. The predicted molar refractivity (Wildman–Crippen MR) is 102 cm³/mol. The standard InChI is InChI=1S/C20H22N4O3/c1-21-19(27)17-18(26)16(25)11-24(23-17)12-20(8-4-5-9-20)14-10-22-15-7-3-2-6-13(14)15/h2-3,6-7,10-11,22,25H,4-5,8-9,12H2,1H3,(H,21,27). The maximum atomic E-state index is 12.1. The molecule has 140 valence electrons. The maximum Gasteiger partial charge on any atom is 0.275 e. The van der Waals surface area contributed by atoms with Crippen LogP contribution in [-0.2, 0) is 12.0 Å². The Bertz CT molecular complexity index is 1060. The summed E-state index contributed by atoms with van der Waals surface area (Å²) in [6.45, 7) is 0.493. The van der Waals surface area contributed by atoms with E-state index in [1.54, 1.807) is 0 Å². The zero-order valence-electron chi connectivity index (χ0n) is 15.2. The molecule has 1 amide bonds. The molecule has 0 spiro atoms. The highest BCUT2D eigenvalue weighted by Crippen LogP contribution is 2.45. The minimum Gasteiger partial charge on any atom is -0.503 e. The average Bonchev–Trinajstić information content (AvgIpc) is 3.31. The van der Waals surface area contributed by atoms with Gasteiger partial charge >= 0.3 is 0 Å². The van der Waals surface area contributed by atoms with Crippen LogP contribution in [0.5, 0.6) is 5.75 Å². The van der Waals surface area contributed by atoms with Gasteiger partial charge in [0.1, 0.15) is 0 Å². The molecule has 4 rings (SSSR count). The number of para-hydroxylation sites is 1. The third-order valence-electron chi connectivity index (χ3n) is 5.58. The van der Waals surface area contributed by atoms with Crippen molar-refractivity contribution in [1.82, 2.24) is 20.1 Å². The van der Waals surface area contributed by atoms with Gasteiger partial charge in [-0.25, -0.2) is 0 Å². The molecule has 2 aromatic heterocycles. The molecule has 1 fully saturated rings. The third kappa shape index (κ3) is 2.89. The molecule has 1 aliphatic rings. The van der Waals surface area contributed by atoms with Crippen molar-refractivity contribution in [3.8, 4) is 5.75 Å². The Morgan fingerprint density at radius 3 is 2.81 bits per heavy atom. The van der Waals surface area contributed by atoms with E-state index in [1.807, 2.05) is 12.1 Å². The molecule has 7 heteroatoms. The number of carbonyl (C=O) groups excluding carboxylic acids is 1. The van der Waals surface area contributed by atoms with Crippen LogP contribution in [0.3, 0.4) is 0 Å². The van der Waals surface area contributed by atoms with Crippen LogP contribution < -0.4 is 10.7 Å². The van der Waals surface area contributed by atoms with E-state index in [9.17, 15) is 14.7 Å². The molecule has 3 N–H and O–H groups in total. The molecule has 3 aromatic rings. The Hall–Kier alpha value is -3.09. The highest BCUT2D eigenvalue weighted by atomic mass is 16.3. The molecule has 0 unspecified atom stereocenters. The van der Waals surface area contributed by atoms with Gasteiger partial charge in [0.05, 0.1) is 12.7 Å². The van der Waals surface area contributed by atoms with Gasteiger partial charge in [-0.3, -0.25) is 14.3 Å². The first kappa shape index (κ1) is 17.3. The fourth-order valence-electron chi connectivity index (χ4n) is 4.26. The van der Waals surface area contributed by atoms with Gasteiger partial charge in [-0.2, -0.15) is 5.10 Å². The molecule has 1 aliphatic carbocycles. The number of amides is 1. The molecule has 0 bridgehead atoms. The van der Waals surface area contributed by atoms with Gasteiger partial charge < -0.3 is 15.4 Å². The maximum absolute atomic E-state index is 12.1. The van der Waals surface area contributed by atoms with E-state index in [0.29, 0.717) is 6.54 Å². The van der Waals surface area contributed by atoms with Crippen molar-refractivity contribution < 1.29 is 9.90 Å². The number of carbonyl (C=O) groups is 1. The van der Waals surface area contributed by atoms with Crippen LogP contribution in [0.2, 0.25) is 0 Å². The summed E-state index contributed by atoms with van der Waals surface area (Å²) in [5, 5.41) is 17.8. The number of benzene rings is 1. The van der Waals surface area contributed by atoms with Gasteiger partial charge in [0.25, 0.3) is 11.3 Å². The lowest BCUT2D eigenvalue weighted by Crippen LogP contribution is -2.33. The van der Waals surface area contributed by atoms with Crippen molar-refractivity contribution in [2.75, 3.05) is 7.05 Å². The Labute approximate surface area is 156 Å². The molecule has 0 radical (unpaired) electrons. The van der Waals surface area contributed by atoms with Crippen LogP contribution in [0.15, 0.2) is 41.5 Å². The summed E-state index contributed by atoms with van der Waals surface area (Å²) in [5.74, 6) is -1.06. The third-order valence-corrected chi connectivity index (χ3v) is 5.58. The molecule has 7 nitrogen and oxygen atoms in total. The van der Waals surface area contributed by atoms with E-state index < -0.39 is 17.1 Å². The summed E-state index contributed by atoms with van der Waals surface area (Å²) < 4.78 is 1.54. The molecular formula is C20H22N4O3. The number of aromatic amines is 1. The number of H-pyrrole nitrogens is 1. The van der Waals surface area contributed by atoms with Crippen LogP contribution in [0.25, 0.3) is 10.9 Å². The van der Waals surface area contributed by atoms with Crippen molar-refractivity contribution >= 4 is 16.8 Å². The van der Waals surface area contributed by atoms with Crippen molar-refractivity contribution in [2.45, 2.75) is 37.6 Å². The first-order valence-electron chi connectivity index (χ1n) is 9.13.